The number of carbonyl (C=O) groups is 1. The topological polar surface area (TPSA) is 62.2 Å². The van der Waals surface area contributed by atoms with Crippen molar-refractivity contribution in [2.75, 3.05) is 12.9 Å². The smallest absolute Gasteiger partial charge is 0.263 e. The van der Waals surface area contributed by atoms with Gasteiger partial charge in [-0.3, -0.25) is 4.79 Å². The molecule has 17 heavy (non-hydrogen) atoms. The maximum Gasteiger partial charge on any atom is 0.263 e. The number of aryl methyl sites for hydroxylation is 1. The Morgan fingerprint density at radius 3 is 2.94 bits per heavy atom. The molecule has 6 heteroatoms. The number of hydrogen-bond donors (Lipinski definition) is 2. The number of carbonyl (C=O) groups excluding carboxylic acids is 1. The van der Waals surface area contributed by atoms with E-state index >= 15 is 0 Å². The maximum atomic E-state index is 12.0. The zero-order chi connectivity index (χ0) is 12.8. The van der Waals surface area contributed by atoms with E-state index in [1.165, 1.54) is 11.3 Å². The number of rotatable bonds is 6. The number of aliphatic hydroxyl groups is 1. The molecular weight excluding hydrogens is 256 g/mol. The molecule has 2 N–H and O–H groups in total. The molecule has 2 unspecified atom stereocenters. The number of thioether (sulfide) groups is 1. The highest BCUT2D eigenvalue weighted by Gasteiger charge is 2.20. The van der Waals surface area contributed by atoms with Crippen LogP contribution in [-0.2, 0) is 6.42 Å². The van der Waals surface area contributed by atoms with Crippen LogP contribution in [0.5, 0.6) is 0 Å². The molecule has 0 fully saturated rings. The SMILES string of the molecule is CCc1ncsc1C(=O)NC(C)C(CO)SC. The number of amides is 1. The molecular formula is C11H18N2O2S2. The largest absolute Gasteiger partial charge is 0.395 e. The molecule has 1 aromatic rings. The van der Waals surface area contributed by atoms with Gasteiger partial charge in [0.05, 0.1) is 17.8 Å². The van der Waals surface area contributed by atoms with Crippen LogP contribution in [0, 0.1) is 0 Å². The highest BCUT2D eigenvalue weighted by Crippen LogP contribution is 2.16. The molecule has 0 saturated heterocycles. The predicted molar refractivity (Wildman–Crippen MR) is 72.8 cm³/mol. The van der Waals surface area contributed by atoms with Crippen molar-refractivity contribution in [2.24, 2.45) is 0 Å². The molecule has 1 heterocycles. The summed E-state index contributed by atoms with van der Waals surface area (Å²) in [6.45, 7) is 3.95. The number of nitrogens with zero attached hydrogens (tertiary/aromatic N) is 1. The first-order valence-electron chi connectivity index (χ1n) is 5.50. The number of nitrogens with one attached hydrogen (secondary N) is 1. The summed E-state index contributed by atoms with van der Waals surface area (Å²) in [5.41, 5.74) is 2.53. The summed E-state index contributed by atoms with van der Waals surface area (Å²) in [5.74, 6) is -0.0932. The Labute approximate surface area is 110 Å². The zero-order valence-corrected chi connectivity index (χ0v) is 11.9. The van der Waals surface area contributed by atoms with Gasteiger partial charge in [-0.1, -0.05) is 6.92 Å². The Morgan fingerprint density at radius 2 is 2.41 bits per heavy atom. The van der Waals surface area contributed by atoms with Gasteiger partial charge in [0.15, 0.2) is 0 Å². The van der Waals surface area contributed by atoms with Gasteiger partial charge in [-0.25, -0.2) is 4.98 Å². The molecule has 0 saturated carbocycles. The first-order valence-corrected chi connectivity index (χ1v) is 7.67. The minimum Gasteiger partial charge on any atom is -0.395 e. The predicted octanol–water partition coefficient (Wildman–Crippen LogP) is 1.55. The third kappa shape index (κ3) is 3.69. The molecule has 1 amide bonds. The Balaban J connectivity index is 2.66. The summed E-state index contributed by atoms with van der Waals surface area (Å²) < 4.78 is 0. The fraction of sp³-hybridized carbons (Fsp3) is 0.636. The average molecular weight is 274 g/mol. The summed E-state index contributed by atoms with van der Waals surface area (Å²) in [5, 5.41) is 12.1. The van der Waals surface area contributed by atoms with Crippen molar-refractivity contribution in [2.45, 2.75) is 31.6 Å². The first kappa shape index (κ1) is 14.5. The summed E-state index contributed by atoms with van der Waals surface area (Å²) in [6, 6.07) is -0.0608. The summed E-state index contributed by atoms with van der Waals surface area (Å²) in [4.78, 5) is 16.8. The van der Waals surface area contributed by atoms with Crippen LogP contribution >= 0.6 is 23.1 Å². The molecule has 0 bridgehead atoms. The first-order chi connectivity index (χ1) is 8.13. The molecule has 4 nitrogen and oxygen atoms in total. The van der Waals surface area contributed by atoms with Crippen molar-refractivity contribution in [3.05, 3.63) is 16.1 Å². The standard InChI is InChI=1S/C11H18N2O2S2/c1-4-8-10(17-6-12-8)11(15)13-7(2)9(5-14)16-3/h6-7,9,14H,4-5H2,1-3H3,(H,13,15). The van der Waals surface area contributed by atoms with Gasteiger partial charge in [0, 0.05) is 11.3 Å². The molecule has 1 aromatic heterocycles. The fourth-order valence-corrected chi connectivity index (χ4v) is 2.92. The summed E-state index contributed by atoms with van der Waals surface area (Å²) in [6.07, 6.45) is 2.68. The van der Waals surface area contributed by atoms with Crippen molar-refractivity contribution in [1.29, 1.82) is 0 Å². The molecule has 0 aliphatic carbocycles. The van der Waals surface area contributed by atoms with Crippen molar-refractivity contribution in [3.63, 3.8) is 0 Å². The third-order valence-corrected chi connectivity index (χ3v) is 4.61. The monoisotopic (exact) mass is 274 g/mol. The van der Waals surface area contributed by atoms with Gasteiger partial charge in [-0.05, 0) is 19.6 Å². The van der Waals surface area contributed by atoms with E-state index in [0.717, 1.165) is 12.1 Å². The summed E-state index contributed by atoms with van der Waals surface area (Å²) in [7, 11) is 0. The minimum atomic E-state index is -0.0932. The quantitative estimate of drug-likeness (QED) is 0.826. The average Bonchev–Trinajstić information content (AvgIpc) is 2.78. The van der Waals surface area contributed by atoms with Crippen LogP contribution < -0.4 is 5.32 Å². The van der Waals surface area contributed by atoms with Crippen LogP contribution in [0.3, 0.4) is 0 Å². The van der Waals surface area contributed by atoms with Crippen LogP contribution in [-0.4, -0.2) is 40.2 Å². The van der Waals surface area contributed by atoms with E-state index in [1.807, 2.05) is 20.1 Å². The number of aromatic nitrogens is 1. The van der Waals surface area contributed by atoms with E-state index in [-0.39, 0.29) is 23.8 Å². The fourth-order valence-electron chi connectivity index (χ4n) is 1.51. The molecule has 0 aromatic carbocycles. The number of hydrogen-bond acceptors (Lipinski definition) is 5. The highest BCUT2D eigenvalue weighted by molar-refractivity contribution is 7.99. The van der Waals surface area contributed by atoms with Gasteiger partial charge < -0.3 is 10.4 Å². The molecule has 0 spiro atoms. The number of thiazole rings is 1. The van der Waals surface area contributed by atoms with Gasteiger partial charge in [0.1, 0.15) is 4.88 Å². The Kier molecular flexibility index (Phi) is 5.94. The van der Waals surface area contributed by atoms with Crippen LogP contribution in [0.1, 0.15) is 29.2 Å². The molecule has 0 aliphatic heterocycles. The molecule has 0 radical (unpaired) electrons. The van der Waals surface area contributed by atoms with E-state index in [2.05, 4.69) is 10.3 Å². The maximum absolute atomic E-state index is 12.0. The molecule has 0 aliphatic rings. The lowest BCUT2D eigenvalue weighted by atomic mass is 10.2. The van der Waals surface area contributed by atoms with Crippen LogP contribution in [0.4, 0.5) is 0 Å². The van der Waals surface area contributed by atoms with Crippen LogP contribution in [0.2, 0.25) is 0 Å². The second-order valence-electron chi connectivity index (χ2n) is 3.70. The van der Waals surface area contributed by atoms with Crippen LogP contribution in [0.25, 0.3) is 0 Å². The molecule has 1 rings (SSSR count). The second-order valence-corrected chi connectivity index (χ2v) is 5.63. The Hall–Kier alpha value is -0.590. The van der Waals surface area contributed by atoms with Crippen molar-refractivity contribution >= 4 is 29.0 Å². The summed E-state index contributed by atoms with van der Waals surface area (Å²) >= 11 is 2.91. The lowest BCUT2D eigenvalue weighted by molar-refractivity contribution is 0.0939. The van der Waals surface area contributed by atoms with E-state index in [9.17, 15) is 4.79 Å². The van der Waals surface area contributed by atoms with Crippen LogP contribution in [0.15, 0.2) is 5.51 Å². The lowest BCUT2D eigenvalue weighted by Gasteiger charge is -2.21. The molecule has 2 atom stereocenters. The molecule has 96 valence electrons. The van der Waals surface area contributed by atoms with Gasteiger partial charge in [0.25, 0.3) is 5.91 Å². The highest BCUT2D eigenvalue weighted by atomic mass is 32.2. The minimum absolute atomic E-state index is 0.0250. The van der Waals surface area contributed by atoms with E-state index in [4.69, 9.17) is 5.11 Å². The normalized spacial score (nSPS) is 14.4. The van der Waals surface area contributed by atoms with Gasteiger partial charge in [-0.2, -0.15) is 11.8 Å². The van der Waals surface area contributed by atoms with Crippen molar-refractivity contribution < 1.29 is 9.90 Å². The Morgan fingerprint density at radius 1 is 1.71 bits per heavy atom. The van der Waals surface area contributed by atoms with E-state index < -0.39 is 0 Å². The van der Waals surface area contributed by atoms with E-state index in [1.54, 1.807) is 17.3 Å². The number of aliphatic hydroxyl groups excluding tert-OH is 1. The Bertz CT molecular complexity index is 364. The van der Waals surface area contributed by atoms with Gasteiger partial charge in [0.2, 0.25) is 0 Å². The zero-order valence-electron chi connectivity index (χ0n) is 10.3. The second kappa shape index (κ2) is 6.98. The van der Waals surface area contributed by atoms with Gasteiger partial charge >= 0.3 is 0 Å². The van der Waals surface area contributed by atoms with E-state index in [0.29, 0.717) is 4.88 Å². The third-order valence-electron chi connectivity index (χ3n) is 2.58. The van der Waals surface area contributed by atoms with Crippen molar-refractivity contribution in [3.8, 4) is 0 Å². The van der Waals surface area contributed by atoms with Gasteiger partial charge in [-0.15, -0.1) is 11.3 Å². The lowest BCUT2D eigenvalue weighted by Crippen LogP contribution is -2.41. The van der Waals surface area contributed by atoms with Crippen molar-refractivity contribution in [1.82, 2.24) is 10.3 Å².